The number of anilines is 2. The molecule has 3 rings (SSSR count). The third-order valence-corrected chi connectivity index (χ3v) is 4.07. The maximum Gasteiger partial charge on any atom is 0.340 e. The lowest BCUT2D eigenvalue weighted by Crippen LogP contribution is -2.22. The molecule has 3 aromatic rings. The number of para-hydroxylation sites is 1. The molecule has 0 heterocycles. The molecule has 3 aromatic carbocycles. The first-order valence-electron chi connectivity index (χ1n) is 9.02. The zero-order valence-corrected chi connectivity index (χ0v) is 15.8. The fourth-order valence-electron chi connectivity index (χ4n) is 2.68. The number of nitrogens with one attached hydrogen (secondary N) is 2. The summed E-state index contributed by atoms with van der Waals surface area (Å²) in [5.74, 6) is -1.49. The van der Waals surface area contributed by atoms with Gasteiger partial charge in [-0.25, -0.2) is 4.79 Å². The Morgan fingerprint density at radius 3 is 2.31 bits per heavy atom. The summed E-state index contributed by atoms with van der Waals surface area (Å²) in [6.07, 6.45) is 0. The van der Waals surface area contributed by atoms with Gasteiger partial charge < -0.3 is 15.4 Å². The molecule has 0 saturated heterocycles. The quantitative estimate of drug-likeness (QED) is 0.624. The molecule has 0 unspecified atom stereocenters. The lowest BCUT2D eigenvalue weighted by Gasteiger charge is -2.11. The molecule has 6 heteroatoms. The first kappa shape index (κ1) is 19.8. The maximum absolute atomic E-state index is 12.4. The van der Waals surface area contributed by atoms with Gasteiger partial charge in [0.15, 0.2) is 6.61 Å². The number of hydrogen-bond acceptors (Lipinski definition) is 4. The van der Waals surface area contributed by atoms with Gasteiger partial charge in [0.05, 0.1) is 11.3 Å². The summed E-state index contributed by atoms with van der Waals surface area (Å²) in [5.41, 5.74) is 2.57. The highest BCUT2D eigenvalue weighted by molar-refractivity contribution is 6.08. The van der Waals surface area contributed by atoms with Crippen molar-refractivity contribution in [1.82, 2.24) is 0 Å². The van der Waals surface area contributed by atoms with Crippen molar-refractivity contribution >= 4 is 29.2 Å². The molecule has 0 radical (unpaired) electrons. The third-order valence-electron chi connectivity index (χ3n) is 4.07. The fraction of sp³-hybridized carbons (Fsp3) is 0.0870. The summed E-state index contributed by atoms with van der Waals surface area (Å²) in [7, 11) is 0. The van der Waals surface area contributed by atoms with E-state index < -0.39 is 18.5 Å². The Morgan fingerprint density at radius 2 is 1.55 bits per heavy atom. The molecule has 29 heavy (non-hydrogen) atoms. The smallest absolute Gasteiger partial charge is 0.340 e. The molecule has 2 N–H and O–H groups in total. The molecule has 6 nitrogen and oxygen atoms in total. The zero-order chi connectivity index (χ0) is 20.6. The van der Waals surface area contributed by atoms with Crippen LogP contribution in [0.2, 0.25) is 0 Å². The number of carbonyl (C=O) groups is 3. The lowest BCUT2D eigenvalue weighted by molar-refractivity contribution is -0.119. The summed E-state index contributed by atoms with van der Waals surface area (Å²) in [6.45, 7) is 1.48. The van der Waals surface area contributed by atoms with E-state index in [4.69, 9.17) is 4.74 Å². The highest BCUT2D eigenvalue weighted by Crippen LogP contribution is 2.17. The number of benzene rings is 3. The van der Waals surface area contributed by atoms with Crippen LogP contribution in [-0.2, 0) is 9.53 Å². The Morgan fingerprint density at radius 1 is 0.828 bits per heavy atom. The first-order chi connectivity index (χ1) is 14.0. The van der Waals surface area contributed by atoms with Gasteiger partial charge >= 0.3 is 5.97 Å². The minimum atomic E-state index is -0.701. The molecule has 0 aromatic heterocycles. The van der Waals surface area contributed by atoms with Crippen molar-refractivity contribution in [1.29, 1.82) is 0 Å². The van der Waals surface area contributed by atoms with Gasteiger partial charge in [-0.15, -0.1) is 0 Å². The molecular weight excluding hydrogens is 368 g/mol. The number of carbonyl (C=O) groups excluding carboxylic acids is 3. The molecule has 0 aliphatic heterocycles. The molecule has 0 bridgehead atoms. The van der Waals surface area contributed by atoms with Crippen molar-refractivity contribution in [2.45, 2.75) is 6.92 Å². The van der Waals surface area contributed by atoms with Crippen molar-refractivity contribution in [2.75, 3.05) is 17.2 Å². The number of rotatable bonds is 6. The van der Waals surface area contributed by atoms with Gasteiger partial charge in [-0.05, 0) is 48.9 Å². The Balaban J connectivity index is 1.62. The SMILES string of the molecule is Cc1cccc(NC(=O)COC(=O)c2ccccc2NC(=O)c2ccccc2)c1. The molecule has 0 atom stereocenters. The number of aryl methyl sites for hydroxylation is 1. The van der Waals surface area contributed by atoms with Crippen LogP contribution in [0.5, 0.6) is 0 Å². The van der Waals surface area contributed by atoms with Crippen molar-refractivity contribution in [2.24, 2.45) is 0 Å². The summed E-state index contributed by atoms with van der Waals surface area (Å²) in [4.78, 5) is 36.8. The maximum atomic E-state index is 12.4. The zero-order valence-electron chi connectivity index (χ0n) is 15.8. The van der Waals surface area contributed by atoms with Gasteiger partial charge in [-0.1, -0.05) is 42.5 Å². The average Bonchev–Trinajstić information content (AvgIpc) is 2.73. The van der Waals surface area contributed by atoms with Crippen LogP contribution in [-0.4, -0.2) is 24.4 Å². The van der Waals surface area contributed by atoms with Crippen LogP contribution in [0.3, 0.4) is 0 Å². The van der Waals surface area contributed by atoms with Crippen molar-refractivity contribution in [3.63, 3.8) is 0 Å². The van der Waals surface area contributed by atoms with E-state index in [1.807, 2.05) is 31.2 Å². The molecule has 0 aliphatic rings. The van der Waals surface area contributed by atoms with Gasteiger partial charge in [0.25, 0.3) is 11.8 Å². The second-order valence-corrected chi connectivity index (χ2v) is 6.36. The van der Waals surface area contributed by atoms with Crippen molar-refractivity contribution in [3.8, 4) is 0 Å². The number of esters is 1. The second-order valence-electron chi connectivity index (χ2n) is 6.36. The average molecular weight is 388 g/mol. The summed E-state index contributed by atoms with van der Waals surface area (Å²) in [6, 6.07) is 22.4. The molecule has 0 spiro atoms. The van der Waals surface area contributed by atoms with E-state index in [2.05, 4.69) is 10.6 Å². The summed E-state index contributed by atoms with van der Waals surface area (Å²) in [5, 5.41) is 5.37. The van der Waals surface area contributed by atoms with Crippen LogP contribution in [0, 0.1) is 6.92 Å². The standard InChI is InChI=1S/C23H20N2O4/c1-16-8-7-11-18(14-16)24-21(26)15-29-23(28)19-12-5-6-13-20(19)25-22(27)17-9-3-2-4-10-17/h2-14H,15H2,1H3,(H,24,26)(H,25,27). The van der Waals surface area contributed by atoms with Gasteiger partial charge in [-0.2, -0.15) is 0 Å². The Kier molecular flexibility index (Phi) is 6.37. The van der Waals surface area contributed by atoms with Crippen LogP contribution < -0.4 is 10.6 Å². The summed E-state index contributed by atoms with van der Waals surface area (Å²) >= 11 is 0. The van der Waals surface area contributed by atoms with E-state index in [-0.39, 0.29) is 11.5 Å². The molecular formula is C23H20N2O4. The number of ether oxygens (including phenoxy) is 1. The molecule has 0 aliphatic carbocycles. The van der Waals surface area contributed by atoms with Gasteiger partial charge in [0.2, 0.25) is 0 Å². The number of hydrogen-bond donors (Lipinski definition) is 2. The lowest BCUT2D eigenvalue weighted by atomic mass is 10.1. The highest BCUT2D eigenvalue weighted by atomic mass is 16.5. The Bertz CT molecular complexity index is 1030. The van der Waals surface area contributed by atoms with E-state index in [9.17, 15) is 14.4 Å². The van der Waals surface area contributed by atoms with Crippen LogP contribution in [0.1, 0.15) is 26.3 Å². The van der Waals surface area contributed by atoms with E-state index in [1.165, 1.54) is 6.07 Å². The van der Waals surface area contributed by atoms with Crippen LogP contribution in [0.25, 0.3) is 0 Å². The minimum absolute atomic E-state index is 0.167. The topological polar surface area (TPSA) is 84.5 Å². The Hall–Kier alpha value is -3.93. The van der Waals surface area contributed by atoms with Gasteiger partial charge in [0.1, 0.15) is 0 Å². The fourth-order valence-corrected chi connectivity index (χ4v) is 2.68. The van der Waals surface area contributed by atoms with E-state index in [0.717, 1.165) is 5.56 Å². The van der Waals surface area contributed by atoms with Crippen LogP contribution >= 0.6 is 0 Å². The number of amides is 2. The normalized spacial score (nSPS) is 10.1. The van der Waals surface area contributed by atoms with E-state index >= 15 is 0 Å². The molecule has 146 valence electrons. The largest absolute Gasteiger partial charge is 0.452 e. The van der Waals surface area contributed by atoms with E-state index in [1.54, 1.807) is 48.5 Å². The first-order valence-corrected chi connectivity index (χ1v) is 9.02. The van der Waals surface area contributed by atoms with Crippen LogP contribution in [0.15, 0.2) is 78.9 Å². The van der Waals surface area contributed by atoms with Crippen molar-refractivity contribution in [3.05, 3.63) is 95.6 Å². The predicted octanol–water partition coefficient (Wildman–Crippen LogP) is 4.04. The second kappa shape index (κ2) is 9.32. The third kappa shape index (κ3) is 5.52. The van der Waals surface area contributed by atoms with E-state index in [0.29, 0.717) is 16.9 Å². The summed E-state index contributed by atoms with van der Waals surface area (Å²) < 4.78 is 5.12. The minimum Gasteiger partial charge on any atom is -0.452 e. The molecule has 2 amide bonds. The molecule has 0 fully saturated rings. The predicted molar refractivity (Wildman–Crippen MR) is 111 cm³/mol. The van der Waals surface area contributed by atoms with Gasteiger partial charge in [-0.3, -0.25) is 9.59 Å². The Labute approximate surface area is 168 Å². The van der Waals surface area contributed by atoms with Crippen LogP contribution in [0.4, 0.5) is 11.4 Å². The monoisotopic (exact) mass is 388 g/mol. The van der Waals surface area contributed by atoms with Crippen molar-refractivity contribution < 1.29 is 19.1 Å². The highest BCUT2D eigenvalue weighted by Gasteiger charge is 2.16. The molecule has 0 saturated carbocycles. The van der Waals surface area contributed by atoms with Gasteiger partial charge in [0, 0.05) is 11.3 Å².